The minimum atomic E-state index is -0.776. The number of aliphatic carboxylic acids is 1. The fourth-order valence-electron chi connectivity index (χ4n) is 4.42. The monoisotopic (exact) mass is 561 g/mol. The normalized spacial score (nSPS) is 14.8. The molecule has 10 heteroatoms. The Morgan fingerprint density at radius 1 is 1.05 bits per heavy atom. The van der Waals surface area contributed by atoms with Crippen LogP contribution < -0.4 is 5.32 Å². The largest absolute Gasteiger partial charge is 0.481 e. The summed E-state index contributed by atoms with van der Waals surface area (Å²) >= 11 is 4.63. The summed E-state index contributed by atoms with van der Waals surface area (Å²) in [4.78, 5) is 31.8. The van der Waals surface area contributed by atoms with Gasteiger partial charge in [-0.2, -0.15) is 4.37 Å². The topological polar surface area (TPSA) is 101 Å². The standard InChI is InChI=1S/C28H23N3O4S3/c1-15-24(30-27(34)35-16(2)17-6-4-3-5-7-17)25(38-31-15)23-13-22-21(37-23)12-20(36-22)19-9-8-18(14-29-19)28(10-11-28)26(32)33/h3-9,12-14,16H,10-11H2,1-2H3,(H,30,34)(H,32,33)/t16-/m1/s1. The third-order valence-electron chi connectivity index (χ3n) is 6.80. The Morgan fingerprint density at radius 2 is 1.76 bits per heavy atom. The summed E-state index contributed by atoms with van der Waals surface area (Å²) in [5.41, 5.74) is 3.18. The van der Waals surface area contributed by atoms with E-state index in [9.17, 15) is 14.7 Å². The molecule has 6 rings (SSSR count). The number of thiophene rings is 2. The molecule has 1 saturated carbocycles. The highest BCUT2D eigenvalue weighted by atomic mass is 32.1. The molecule has 4 heterocycles. The van der Waals surface area contributed by atoms with Crippen LogP contribution in [0.5, 0.6) is 0 Å². The molecular formula is C28H23N3O4S3. The fourth-order valence-corrected chi connectivity index (χ4v) is 7.73. The number of carboxylic acids is 1. The quantitative estimate of drug-likeness (QED) is 0.210. The maximum atomic E-state index is 12.7. The van der Waals surface area contributed by atoms with Gasteiger partial charge in [-0.15, -0.1) is 22.7 Å². The lowest BCUT2D eigenvalue weighted by Gasteiger charge is -2.14. The van der Waals surface area contributed by atoms with E-state index in [-0.39, 0.29) is 6.10 Å². The number of amides is 1. The predicted octanol–water partition coefficient (Wildman–Crippen LogP) is 7.88. The molecule has 192 valence electrons. The van der Waals surface area contributed by atoms with E-state index < -0.39 is 17.5 Å². The highest BCUT2D eigenvalue weighted by molar-refractivity contribution is 7.32. The average Bonchev–Trinajstić information content (AvgIpc) is 3.34. The number of rotatable bonds is 7. The number of carboxylic acid groups (broad SMARTS) is 1. The maximum Gasteiger partial charge on any atom is 0.412 e. The Kier molecular flexibility index (Phi) is 6.25. The van der Waals surface area contributed by atoms with Gasteiger partial charge in [0.2, 0.25) is 0 Å². The van der Waals surface area contributed by atoms with Gasteiger partial charge in [0.25, 0.3) is 0 Å². The molecule has 5 aromatic rings. The van der Waals surface area contributed by atoms with Gasteiger partial charge in [0.1, 0.15) is 6.10 Å². The van der Waals surface area contributed by atoms with Crippen molar-refractivity contribution in [3.63, 3.8) is 0 Å². The Bertz CT molecular complexity index is 1620. The number of carbonyl (C=O) groups excluding carboxylic acids is 1. The van der Waals surface area contributed by atoms with Gasteiger partial charge in [0.15, 0.2) is 0 Å². The highest BCUT2D eigenvalue weighted by Gasteiger charge is 2.51. The number of nitrogens with zero attached hydrogens (tertiary/aromatic N) is 2. The molecule has 0 spiro atoms. The van der Waals surface area contributed by atoms with E-state index in [4.69, 9.17) is 4.74 Å². The summed E-state index contributed by atoms with van der Waals surface area (Å²) in [6.07, 6.45) is 2.14. The lowest BCUT2D eigenvalue weighted by Crippen LogP contribution is -2.19. The van der Waals surface area contributed by atoms with Crippen LogP contribution >= 0.6 is 34.2 Å². The van der Waals surface area contributed by atoms with E-state index in [2.05, 4.69) is 26.8 Å². The van der Waals surface area contributed by atoms with Crippen molar-refractivity contribution in [1.29, 1.82) is 0 Å². The number of fused-ring (bicyclic) bond motifs is 1. The van der Waals surface area contributed by atoms with Crippen molar-refractivity contribution in [2.24, 2.45) is 0 Å². The van der Waals surface area contributed by atoms with Crippen molar-refractivity contribution in [3.05, 3.63) is 77.6 Å². The zero-order valence-electron chi connectivity index (χ0n) is 20.6. The number of pyridine rings is 1. The van der Waals surface area contributed by atoms with Gasteiger partial charge >= 0.3 is 12.1 Å². The van der Waals surface area contributed by atoms with Crippen molar-refractivity contribution in [1.82, 2.24) is 9.36 Å². The minimum absolute atomic E-state index is 0.376. The molecule has 1 atom stereocenters. The molecule has 1 aromatic carbocycles. The number of nitrogens with one attached hydrogen (secondary N) is 1. The van der Waals surface area contributed by atoms with Gasteiger partial charge < -0.3 is 9.84 Å². The van der Waals surface area contributed by atoms with E-state index in [1.165, 1.54) is 11.5 Å². The Morgan fingerprint density at radius 3 is 2.42 bits per heavy atom. The smallest absolute Gasteiger partial charge is 0.412 e. The number of hydrogen-bond donors (Lipinski definition) is 2. The number of hydrogen-bond acceptors (Lipinski definition) is 8. The lowest BCUT2D eigenvalue weighted by atomic mass is 9.98. The van der Waals surface area contributed by atoms with E-state index in [1.807, 2.05) is 56.3 Å². The van der Waals surface area contributed by atoms with E-state index in [1.54, 1.807) is 28.9 Å². The van der Waals surface area contributed by atoms with Gasteiger partial charge in [-0.05, 0) is 67.5 Å². The van der Waals surface area contributed by atoms with Crippen molar-refractivity contribution in [3.8, 4) is 20.3 Å². The number of aromatic nitrogens is 2. The van der Waals surface area contributed by atoms with Crippen molar-refractivity contribution in [2.45, 2.75) is 38.2 Å². The van der Waals surface area contributed by atoms with Crippen LogP contribution in [-0.4, -0.2) is 26.5 Å². The van der Waals surface area contributed by atoms with Crippen molar-refractivity contribution >= 4 is 61.4 Å². The van der Waals surface area contributed by atoms with Crippen molar-refractivity contribution in [2.75, 3.05) is 5.32 Å². The summed E-state index contributed by atoms with van der Waals surface area (Å²) in [5, 5.41) is 12.4. The van der Waals surface area contributed by atoms with Gasteiger partial charge in [-0.1, -0.05) is 36.4 Å². The van der Waals surface area contributed by atoms with Gasteiger partial charge in [-0.3, -0.25) is 15.1 Å². The Hall–Kier alpha value is -3.60. The summed E-state index contributed by atoms with van der Waals surface area (Å²) in [5.74, 6) is -0.776. The number of benzene rings is 1. The summed E-state index contributed by atoms with van der Waals surface area (Å²) in [6, 6.07) is 17.6. The SMILES string of the molecule is Cc1nsc(-c2cc3sc(-c4ccc(C5(C(=O)O)CC5)cn4)cc3s2)c1NC(=O)O[C@H](C)c1ccccc1. The van der Waals surface area contributed by atoms with Crippen LogP contribution in [-0.2, 0) is 14.9 Å². The first kappa shape index (κ1) is 24.7. The average molecular weight is 562 g/mol. The zero-order chi connectivity index (χ0) is 26.4. The molecule has 0 unspecified atom stereocenters. The Labute approximate surface area is 230 Å². The van der Waals surface area contributed by atoms with Crippen LogP contribution in [0.2, 0.25) is 0 Å². The third kappa shape index (κ3) is 4.48. The van der Waals surface area contributed by atoms with Gasteiger partial charge in [-0.25, -0.2) is 4.79 Å². The van der Waals surface area contributed by atoms with Crippen LogP contribution in [0.4, 0.5) is 10.5 Å². The molecule has 0 bridgehead atoms. The second-order valence-electron chi connectivity index (χ2n) is 9.32. The first-order valence-electron chi connectivity index (χ1n) is 12.1. The molecule has 7 nitrogen and oxygen atoms in total. The van der Waals surface area contributed by atoms with E-state index >= 15 is 0 Å². The molecule has 4 aromatic heterocycles. The Balaban J connectivity index is 1.20. The van der Waals surface area contributed by atoms with E-state index in [0.717, 1.165) is 46.5 Å². The number of carbonyl (C=O) groups is 2. The first-order chi connectivity index (χ1) is 18.3. The molecule has 0 aliphatic heterocycles. The van der Waals surface area contributed by atoms with E-state index in [0.29, 0.717) is 18.5 Å². The van der Waals surface area contributed by atoms with Crippen LogP contribution in [0.25, 0.3) is 29.7 Å². The maximum absolute atomic E-state index is 12.7. The molecule has 2 N–H and O–H groups in total. The number of ether oxygens (including phenoxy) is 1. The predicted molar refractivity (Wildman–Crippen MR) is 152 cm³/mol. The molecular weight excluding hydrogens is 539 g/mol. The second kappa shape index (κ2) is 9.61. The lowest BCUT2D eigenvalue weighted by molar-refractivity contribution is -0.140. The van der Waals surface area contributed by atoms with Crippen LogP contribution in [0.3, 0.4) is 0 Å². The second-order valence-corrected chi connectivity index (χ2v) is 12.3. The molecule has 1 aliphatic carbocycles. The zero-order valence-corrected chi connectivity index (χ0v) is 23.0. The molecule has 38 heavy (non-hydrogen) atoms. The van der Waals surface area contributed by atoms with Gasteiger partial charge in [0, 0.05) is 15.6 Å². The van der Waals surface area contributed by atoms with Gasteiger partial charge in [0.05, 0.1) is 37.1 Å². The highest BCUT2D eigenvalue weighted by Crippen LogP contribution is 2.49. The summed E-state index contributed by atoms with van der Waals surface area (Å²) < 4.78 is 12.3. The molecule has 1 aliphatic rings. The van der Waals surface area contributed by atoms with Crippen LogP contribution in [0, 0.1) is 6.92 Å². The third-order valence-corrected chi connectivity index (χ3v) is 10.2. The van der Waals surface area contributed by atoms with Crippen molar-refractivity contribution < 1.29 is 19.4 Å². The minimum Gasteiger partial charge on any atom is -0.481 e. The number of aryl methyl sites for hydroxylation is 1. The molecule has 1 amide bonds. The molecule has 1 fully saturated rings. The summed E-state index contributed by atoms with van der Waals surface area (Å²) in [6.45, 7) is 3.72. The molecule has 0 radical (unpaired) electrons. The van der Waals surface area contributed by atoms with Crippen LogP contribution in [0.15, 0.2) is 60.8 Å². The first-order valence-corrected chi connectivity index (χ1v) is 14.5. The van der Waals surface area contributed by atoms with Crippen LogP contribution in [0.1, 0.15) is 42.7 Å². The molecule has 0 saturated heterocycles. The summed E-state index contributed by atoms with van der Waals surface area (Å²) in [7, 11) is 0. The fraction of sp³-hybridized carbons (Fsp3) is 0.214. The number of anilines is 1.